The monoisotopic (exact) mass is 210 g/mol. The normalized spacial score (nSPS) is 12.7. The fourth-order valence-electron chi connectivity index (χ4n) is 1.24. The first-order chi connectivity index (χ1) is 6.88. The lowest BCUT2D eigenvalue weighted by molar-refractivity contribution is 0.881. The first-order valence-corrected chi connectivity index (χ1v) is 6.15. The molecule has 78 valence electrons. The fourth-order valence-corrected chi connectivity index (χ4v) is 2.44. The molecule has 2 N–H and O–H groups in total. The summed E-state index contributed by atoms with van der Waals surface area (Å²) in [6.07, 6.45) is 6.23. The van der Waals surface area contributed by atoms with Crippen molar-refractivity contribution < 1.29 is 0 Å². The van der Waals surface area contributed by atoms with Crippen molar-refractivity contribution in [2.24, 2.45) is 5.73 Å². The highest BCUT2D eigenvalue weighted by Crippen LogP contribution is 2.27. The Morgan fingerprint density at radius 1 is 1.57 bits per heavy atom. The molecule has 0 fully saturated rings. The molecule has 1 aromatic rings. The van der Waals surface area contributed by atoms with Gasteiger partial charge in [-0.25, -0.2) is 0 Å². The lowest BCUT2D eigenvalue weighted by Crippen LogP contribution is -2.10. The molecule has 1 atom stereocenters. The third-order valence-corrected chi connectivity index (χ3v) is 3.48. The second kappa shape index (κ2) is 6.85. The van der Waals surface area contributed by atoms with E-state index in [0.29, 0.717) is 11.8 Å². The summed E-state index contributed by atoms with van der Waals surface area (Å²) < 4.78 is 0. The van der Waals surface area contributed by atoms with Gasteiger partial charge in [0.1, 0.15) is 0 Å². The Morgan fingerprint density at radius 3 is 3.00 bits per heavy atom. The Bertz CT molecular complexity index is 238. The minimum absolute atomic E-state index is 0.412. The van der Waals surface area contributed by atoms with Crippen LogP contribution in [0.15, 0.2) is 24.5 Å². The highest BCUT2D eigenvalue weighted by Gasteiger charge is 2.08. The fraction of sp³-hybridized carbons (Fsp3) is 0.545. The van der Waals surface area contributed by atoms with E-state index in [9.17, 15) is 0 Å². The largest absolute Gasteiger partial charge is 0.329 e. The first-order valence-electron chi connectivity index (χ1n) is 5.10. The molecule has 2 nitrogen and oxygen atoms in total. The van der Waals surface area contributed by atoms with Gasteiger partial charge in [-0.3, -0.25) is 4.98 Å². The average Bonchev–Trinajstić information content (AvgIpc) is 2.26. The number of hydrogen-bond acceptors (Lipinski definition) is 3. The predicted molar refractivity (Wildman–Crippen MR) is 63.4 cm³/mol. The molecule has 1 unspecified atom stereocenters. The lowest BCUT2D eigenvalue weighted by Gasteiger charge is -2.13. The van der Waals surface area contributed by atoms with E-state index in [4.69, 9.17) is 5.73 Å². The van der Waals surface area contributed by atoms with Crippen molar-refractivity contribution in [2.75, 3.05) is 12.3 Å². The summed E-state index contributed by atoms with van der Waals surface area (Å²) in [6, 6.07) is 4.07. The molecule has 3 heteroatoms. The van der Waals surface area contributed by atoms with Crippen LogP contribution in [0.25, 0.3) is 0 Å². The zero-order valence-electron chi connectivity index (χ0n) is 8.65. The summed E-state index contributed by atoms with van der Waals surface area (Å²) >= 11 is 1.93. The van der Waals surface area contributed by atoms with Gasteiger partial charge in [-0.05, 0) is 23.8 Å². The summed E-state index contributed by atoms with van der Waals surface area (Å²) in [6.45, 7) is 2.90. The van der Waals surface area contributed by atoms with Crippen LogP contribution >= 0.6 is 11.8 Å². The zero-order valence-corrected chi connectivity index (χ0v) is 9.46. The van der Waals surface area contributed by atoms with Crippen molar-refractivity contribution >= 4 is 11.8 Å². The molecule has 1 rings (SSSR count). The Hall–Kier alpha value is -0.540. The maximum Gasteiger partial charge on any atom is 0.0434 e. The van der Waals surface area contributed by atoms with Crippen molar-refractivity contribution in [3.05, 3.63) is 30.1 Å². The molecule has 0 saturated carbocycles. The van der Waals surface area contributed by atoms with Gasteiger partial charge >= 0.3 is 0 Å². The quantitative estimate of drug-likeness (QED) is 0.734. The van der Waals surface area contributed by atoms with E-state index < -0.39 is 0 Å². The lowest BCUT2D eigenvalue weighted by atomic mass is 10.2. The number of pyridine rings is 1. The second-order valence-electron chi connectivity index (χ2n) is 3.24. The molecule has 0 aliphatic rings. The second-order valence-corrected chi connectivity index (χ2v) is 4.55. The summed E-state index contributed by atoms with van der Waals surface area (Å²) in [7, 11) is 0. The number of nitrogens with zero attached hydrogens (tertiary/aromatic N) is 1. The predicted octanol–water partition coefficient (Wildman–Crippen LogP) is 2.61. The van der Waals surface area contributed by atoms with Crippen LogP contribution in [0.4, 0.5) is 0 Å². The molecule has 0 amide bonds. The van der Waals surface area contributed by atoms with E-state index in [1.807, 2.05) is 24.0 Å². The van der Waals surface area contributed by atoms with E-state index in [2.05, 4.69) is 18.0 Å². The van der Waals surface area contributed by atoms with Gasteiger partial charge in [-0.15, -0.1) is 0 Å². The molecule has 14 heavy (non-hydrogen) atoms. The molecule has 0 radical (unpaired) electrons. The summed E-state index contributed by atoms with van der Waals surface area (Å²) in [5.74, 6) is 1.19. The van der Waals surface area contributed by atoms with Crippen molar-refractivity contribution in [1.29, 1.82) is 0 Å². The SMILES string of the molecule is CCCCSC(CN)c1cccnc1. The van der Waals surface area contributed by atoms with Crippen molar-refractivity contribution in [2.45, 2.75) is 25.0 Å². The Labute approximate surface area is 90.3 Å². The van der Waals surface area contributed by atoms with Crippen LogP contribution in [0, 0.1) is 0 Å². The summed E-state index contributed by atoms with van der Waals surface area (Å²) in [5.41, 5.74) is 6.98. The molecule has 0 saturated heterocycles. The first kappa shape index (κ1) is 11.5. The van der Waals surface area contributed by atoms with Crippen molar-refractivity contribution in [3.63, 3.8) is 0 Å². The van der Waals surface area contributed by atoms with Gasteiger partial charge in [0.15, 0.2) is 0 Å². The third-order valence-electron chi connectivity index (χ3n) is 2.09. The van der Waals surface area contributed by atoms with Crippen molar-refractivity contribution in [3.8, 4) is 0 Å². The molecule has 1 heterocycles. The van der Waals surface area contributed by atoms with Gasteiger partial charge in [-0.2, -0.15) is 11.8 Å². The van der Waals surface area contributed by atoms with Crippen LogP contribution in [0.1, 0.15) is 30.6 Å². The van der Waals surface area contributed by atoms with E-state index in [-0.39, 0.29) is 0 Å². The molecule has 0 bridgehead atoms. The van der Waals surface area contributed by atoms with Crippen LogP contribution in [-0.4, -0.2) is 17.3 Å². The van der Waals surface area contributed by atoms with E-state index in [1.165, 1.54) is 24.2 Å². The number of rotatable bonds is 6. The Kier molecular flexibility index (Phi) is 5.64. The number of unbranched alkanes of at least 4 members (excludes halogenated alkanes) is 1. The smallest absolute Gasteiger partial charge is 0.0434 e. The molecular formula is C11H18N2S. The summed E-state index contributed by atoms with van der Waals surface area (Å²) in [4.78, 5) is 4.11. The highest BCUT2D eigenvalue weighted by atomic mass is 32.2. The van der Waals surface area contributed by atoms with Gasteiger partial charge in [-0.1, -0.05) is 19.4 Å². The molecular weight excluding hydrogens is 192 g/mol. The Balaban J connectivity index is 2.46. The number of hydrogen-bond donors (Lipinski definition) is 1. The third kappa shape index (κ3) is 3.68. The number of thioether (sulfide) groups is 1. The number of nitrogens with two attached hydrogens (primary N) is 1. The standard InChI is InChI=1S/C11H18N2S/c1-2-3-7-14-11(8-12)10-5-4-6-13-9-10/h4-6,9,11H,2-3,7-8,12H2,1H3. The van der Waals surface area contributed by atoms with Gasteiger partial charge in [0, 0.05) is 24.2 Å². The van der Waals surface area contributed by atoms with Gasteiger partial charge < -0.3 is 5.73 Å². The maximum atomic E-state index is 5.74. The van der Waals surface area contributed by atoms with E-state index in [0.717, 1.165) is 0 Å². The molecule has 1 aromatic heterocycles. The van der Waals surface area contributed by atoms with Gasteiger partial charge in [0.05, 0.1) is 0 Å². The average molecular weight is 210 g/mol. The van der Waals surface area contributed by atoms with Crippen LogP contribution in [0.3, 0.4) is 0 Å². The van der Waals surface area contributed by atoms with Crippen LogP contribution in [0.2, 0.25) is 0 Å². The highest BCUT2D eigenvalue weighted by molar-refractivity contribution is 7.99. The van der Waals surface area contributed by atoms with Crippen LogP contribution < -0.4 is 5.73 Å². The van der Waals surface area contributed by atoms with Crippen molar-refractivity contribution in [1.82, 2.24) is 4.98 Å². The molecule has 0 aliphatic heterocycles. The van der Waals surface area contributed by atoms with Gasteiger partial charge in [0.2, 0.25) is 0 Å². The molecule has 0 spiro atoms. The minimum Gasteiger partial charge on any atom is -0.329 e. The Morgan fingerprint density at radius 2 is 2.43 bits per heavy atom. The van der Waals surface area contributed by atoms with E-state index in [1.54, 1.807) is 6.20 Å². The van der Waals surface area contributed by atoms with E-state index >= 15 is 0 Å². The zero-order chi connectivity index (χ0) is 10.2. The topological polar surface area (TPSA) is 38.9 Å². The maximum absolute atomic E-state index is 5.74. The molecule has 0 aliphatic carbocycles. The minimum atomic E-state index is 0.412. The number of aromatic nitrogens is 1. The van der Waals surface area contributed by atoms with Gasteiger partial charge in [0.25, 0.3) is 0 Å². The summed E-state index contributed by atoms with van der Waals surface area (Å²) in [5, 5.41) is 0.412. The van der Waals surface area contributed by atoms with Crippen LogP contribution in [0.5, 0.6) is 0 Å². The van der Waals surface area contributed by atoms with Crippen LogP contribution in [-0.2, 0) is 0 Å². The molecule has 0 aromatic carbocycles.